The lowest BCUT2D eigenvalue weighted by atomic mass is 9.67. The number of carbonyl (C=O) groups is 1. The Morgan fingerprint density at radius 1 is 1.07 bits per heavy atom. The van der Waals surface area contributed by atoms with Crippen LogP contribution in [-0.4, -0.2) is 27.8 Å². The molecule has 0 bridgehead atoms. The van der Waals surface area contributed by atoms with Crippen molar-refractivity contribution in [3.8, 4) is 6.07 Å². The van der Waals surface area contributed by atoms with Crippen LogP contribution < -0.4 is 9.47 Å². The van der Waals surface area contributed by atoms with Crippen LogP contribution in [0, 0.1) is 32.7 Å². The van der Waals surface area contributed by atoms with Crippen LogP contribution in [0.4, 0.5) is 15.8 Å². The molecule has 10 heteroatoms. The summed E-state index contributed by atoms with van der Waals surface area (Å²) in [5.41, 5.74) is 1.35. The van der Waals surface area contributed by atoms with Gasteiger partial charge in [0.05, 0.1) is 4.92 Å². The third-order valence-corrected chi connectivity index (χ3v) is 8.66. The Kier molecular flexibility index (Phi) is 8.01. The highest BCUT2D eigenvalue weighted by atomic mass is 19.1. The number of nitrogens with zero attached hydrogens (tertiary/aromatic N) is 5. The van der Waals surface area contributed by atoms with Crippen molar-refractivity contribution in [1.29, 1.82) is 10.7 Å². The fourth-order valence-electron chi connectivity index (χ4n) is 6.60. The van der Waals surface area contributed by atoms with Crippen LogP contribution in [0.1, 0.15) is 42.5 Å². The largest absolute Gasteiger partial charge is 0.311 e. The summed E-state index contributed by atoms with van der Waals surface area (Å²) in [4.78, 5) is 27.7. The molecule has 1 amide bonds. The summed E-state index contributed by atoms with van der Waals surface area (Å²) in [7, 11) is 0. The number of anilines is 1. The summed E-state index contributed by atoms with van der Waals surface area (Å²) < 4.78 is 19.1. The number of non-ortho nitro benzene ring substituents is 1. The normalized spacial score (nSPS) is 16.1. The van der Waals surface area contributed by atoms with E-state index in [0.717, 1.165) is 17.5 Å². The minimum Gasteiger partial charge on any atom is -0.311 e. The van der Waals surface area contributed by atoms with Gasteiger partial charge in [0, 0.05) is 29.9 Å². The predicted octanol–water partition coefficient (Wildman–Crippen LogP) is 6.40. The molecule has 4 aromatic carbocycles. The molecule has 0 saturated carbocycles. The van der Waals surface area contributed by atoms with Crippen LogP contribution in [0.5, 0.6) is 0 Å². The number of nitro benzene ring substituents is 1. The Balaban J connectivity index is 1.72. The van der Waals surface area contributed by atoms with Crippen molar-refractivity contribution in [3.63, 3.8) is 0 Å². The molecule has 0 saturated heterocycles. The zero-order valence-corrected chi connectivity index (χ0v) is 25.1. The van der Waals surface area contributed by atoms with Crippen molar-refractivity contribution in [3.05, 3.63) is 142 Å². The molecule has 1 aliphatic rings. The number of halogens is 1. The number of fused-ring (bicyclic) bond motifs is 2. The maximum Gasteiger partial charge on any atom is 0.269 e. The highest BCUT2D eigenvalue weighted by Gasteiger charge is 2.62. The number of hydrogen-bond acceptors (Lipinski definition) is 5. The highest BCUT2D eigenvalue weighted by molar-refractivity contribution is 6.13. The number of carbonyl (C=O) groups excluding carboxylic acids is 1. The molecule has 2 unspecified atom stereocenters. The van der Waals surface area contributed by atoms with Gasteiger partial charge in [0.1, 0.15) is 24.0 Å². The van der Waals surface area contributed by atoms with Gasteiger partial charge in [-0.1, -0.05) is 55.8 Å². The molecule has 0 aliphatic carbocycles. The highest BCUT2D eigenvalue weighted by Crippen LogP contribution is 2.54. The Morgan fingerprint density at radius 3 is 2.46 bits per heavy atom. The van der Waals surface area contributed by atoms with Crippen molar-refractivity contribution in [2.24, 2.45) is 0 Å². The first-order valence-electron chi connectivity index (χ1n) is 14.9. The molecule has 0 radical (unpaired) electrons. The smallest absolute Gasteiger partial charge is 0.269 e. The van der Waals surface area contributed by atoms with Crippen LogP contribution in [-0.2, 0) is 16.8 Å². The zero-order chi connectivity index (χ0) is 32.4. The lowest BCUT2D eigenvalue weighted by molar-refractivity contribution is -0.663. The van der Waals surface area contributed by atoms with Gasteiger partial charge in [-0.05, 0) is 65.9 Å². The third kappa shape index (κ3) is 4.84. The van der Waals surface area contributed by atoms with Gasteiger partial charge in [-0.25, -0.2) is 13.5 Å². The molecule has 2 atom stereocenters. The molecule has 46 heavy (non-hydrogen) atoms. The number of benzene rings is 4. The zero-order valence-electron chi connectivity index (χ0n) is 25.1. The number of nitriles is 1. The van der Waals surface area contributed by atoms with Gasteiger partial charge in [0.25, 0.3) is 5.69 Å². The Labute approximate surface area is 264 Å². The molecule has 228 valence electrons. The van der Waals surface area contributed by atoms with Crippen molar-refractivity contribution >= 4 is 34.2 Å². The topological polar surface area (TPSA) is 120 Å². The summed E-state index contributed by atoms with van der Waals surface area (Å²) in [6.45, 7) is 2.80. The van der Waals surface area contributed by atoms with Crippen molar-refractivity contribution in [2.75, 3.05) is 11.4 Å². The SMILES string of the molecule is CCCCN1C(=O)C(C(=C=N)C#N)(C(c2ccc([N+](=O)[O-])cc2)n2c[n+](Cc3ccccc3)c3ccccc32)c2cc(F)ccc21. The van der Waals surface area contributed by atoms with E-state index in [-0.39, 0.29) is 16.8 Å². The van der Waals surface area contributed by atoms with E-state index in [9.17, 15) is 15.4 Å². The number of rotatable bonds is 10. The lowest BCUT2D eigenvalue weighted by Crippen LogP contribution is -2.49. The molecule has 9 nitrogen and oxygen atoms in total. The number of nitro groups is 1. The van der Waals surface area contributed by atoms with E-state index in [1.54, 1.807) is 17.0 Å². The molecule has 1 aliphatic heterocycles. The van der Waals surface area contributed by atoms with E-state index in [1.807, 2.05) is 77.0 Å². The molecule has 0 spiro atoms. The minimum absolute atomic E-state index is 0.148. The quantitative estimate of drug-likeness (QED) is 0.0645. The molecule has 1 aromatic heterocycles. The molecular weight excluding hydrogens is 583 g/mol. The van der Waals surface area contributed by atoms with E-state index in [1.165, 1.54) is 30.3 Å². The first kappa shape index (κ1) is 30.1. The van der Waals surface area contributed by atoms with Gasteiger partial charge in [-0.2, -0.15) is 5.26 Å². The summed E-state index contributed by atoms with van der Waals surface area (Å²) >= 11 is 0. The standard InChI is InChI=1S/C36H30FN6O3/c1-2-3-19-41-31-18-15-28(37)20-30(31)36(35(41)44,27(21-38)22-39)34(26-13-16-29(17-14-26)43(45)46)42-24-40(23-25-9-5-4-6-10-25)32-11-7-8-12-33(32)42/h4-18,20,24,34,38H,2-3,19,23H2,1H3/q+1. The fraction of sp³-hybridized carbons (Fsp3) is 0.194. The number of para-hydroxylation sites is 2. The average molecular weight is 614 g/mol. The second kappa shape index (κ2) is 12.2. The van der Waals surface area contributed by atoms with Crippen LogP contribution in [0.2, 0.25) is 0 Å². The maximum absolute atomic E-state index is 15.2. The maximum atomic E-state index is 15.2. The van der Waals surface area contributed by atoms with E-state index in [2.05, 4.69) is 11.9 Å². The monoisotopic (exact) mass is 613 g/mol. The van der Waals surface area contributed by atoms with E-state index < -0.39 is 28.1 Å². The molecule has 0 fully saturated rings. The second-order valence-corrected chi connectivity index (χ2v) is 11.3. The van der Waals surface area contributed by atoms with Crippen LogP contribution >= 0.6 is 0 Å². The number of hydrogen-bond donors (Lipinski definition) is 1. The van der Waals surface area contributed by atoms with Crippen LogP contribution in [0.3, 0.4) is 0 Å². The Morgan fingerprint density at radius 2 is 1.78 bits per heavy atom. The van der Waals surface area contributed by atoms with Gasteiger partial charge in [-0.3, -0.25) is 20.3 Å². The first-order valence-corrected chi connectivity index (χ1v) is 14.9. The molecule has 2 heterocycles. The van der Waals surface area contributed by atoms with Crippen LogP contribution in [0.25, 0.3) is 11.0 Å². The predicted molar refractivity (Wildman–Crippen MR) is 171 cm³/mol. The van der Waals surface area contributed by atoms with Gasteiger partial charge >= 0.3 is 0 Å². The average Bonchev–Trinajstić information content (AvgIpc) is 3.54. The number of unbranched alkanes of at least 4 members (excludes halogenated alkanes) is 1. The van der Waals surface area contributed by atoms with Gasteiger partial charge in [0.2, 0.25) is 12.2 Å². The van der Waals surface area contributed by atoms with Crippen molar-refractivity contribution in [2.45, 2.75) is 37.8 Å². The Hall–Kier alpha value is -5.91. The van der Waals surface area contributed by atoms with Crippen LogP contribution in [0.15, 0.2) is 109 Å². The van der Waals surface area contributed by atoms with Gasteiger partial charge in [0.15, 0.2) is 22.5 Å². The summed E-state index contributed by atoms with van der Waals surface area (Å²) in [6.07, 6.45) is 3.29. The van der Waals surface area contributed by atoms with Crippen molar-refractivity contribution < 1.29 is 18.7 Å². The summed E-state index contributed by atoms with van der Waals surface area (Å²) in [5.74, 6) is 1.16. The van der Waals surface area contributed by atoms with Gasteiger partial charge in [-0.15, -0.1) is 0 Å². The lowest BCUT2D eigenvalue weighted by Gasteiger charge is -2.33. The number of amides is 1. The third-order valence-electron chi connectivity index (χ3n) is 8.66. The first-order chi connectivity index (χ1) is 22.3. The summed E-state index contributed by atoms with van der Waals surface area (Å²) in [5, 5.41) is 30.5. The fourth-order valence-corrected chi connectivity index (χ4v) is 6.60. The number of nitrogens with one attached hydrogen (secondary N) is 1. The second-order valence-electron chi connectivity index (χ2n) is 11.3. The minimum atomic E-state index is -1.93. The molecule has 6 rings (SSSR count). The number of imidazole rings is 1. The van der Waals surface area contributed by atoms with E-state index in [0.29, 0.717) is 36.3 Å². The van der Waals surface area contributed by atoms with E-state index >= 15 is 9.18 Å². The molecule has 1 N–H and O–H groups in total. The van der Waals surface area contributed by atoms with Gasteiger partial charge < -0.3 is 4.90 Å². The number of aromatic nitrogens is 2. The molecular formula is C36H30FN6O3+. The summed E-state index contributed by atoms with van der Waals surface area (Å²) in [6, 6.07) is 28.3. The van der Waals surface area contributed by atoms with E-state index in [4.69, 9.17) is 5.41 Å². The Bertz CT molecular complexity index is 2060. The molecule has 5 aromatic rings. The van der Waals surface area contributed by atoms with Crippen molar-refractivity contribution in [1.82, 2.24) is 4.57 Å².